The summed E-state index contributed by atoms with van der Waals surface area (Å²) < 4.78 is 20.8. The van der Waals surface area contributed by atoms with Gasteiger partial charge in [0.2, 0.25) is 5.95 Å². The molecule has 0 aliphatic heterocycles. The SMILES string of the molecule is COc1ccc(F)c(Nc2nccn2-c2ccccc2)c1. The van der Waals surface area contributed by atoms with Gasteiger partial charge < -0.3 is 10.1 Å². The first-order valence-electron chi connectivity index (χ1n) is 6.47. The van der Waals surface area contributed by atoms with Crippen molar-refractivity contribution in [2.24, 2.45) is 0 Å². The minimum Gasteiger partial charge on any atom is -0.497 e. The summed E-state index contributed by atoms with van der Waals surface area (Å²) in [6.45, 7) is 0. The number of nitrogens with zero attached hydrogens (tertiary/aromatic N) is 2. The third-order valence-corrected chi connectivity index (χ3v) is 3.10. The molecular formula is C16H14FN3O. The molecule has 2 aromatic carbocycles. The van der Waals surface area contributed by atoms with Crippen LogP contribution in [0.1, 0.15) is 0 Å². The molecule has 0 aliphatic rings. The monoisotopic (exact) mass is 283 g/mol. The molecular weight excluding hydrogens is 269 g/mol. The molecule has 0 fully saturated rings. The van der Waals surface area contributed by atoms with Crippen molar-refractivity contribution in [3.63, 3.8) is 0 Å². The summed E-state index contributed by atoms with van der Waals surface area (Å²) in [5, 5.41) is 2.99. The third-order valence-electron chi connectivity index (χ3n) is 3.10. The van der Waals surface area contributed by atoms with Gasteiger partial charge in [-0.1, -0.05) is 18.2 Å². The van der Waals surface area contributed by atoms with E-state index >= 15 is 0 Å². The molecule has 3 rings (SSSR count). The van der Waals surface area contributed by atoms with Crippen molar-refractivity contribution in [2.75, 3.05) is 12.4 Å². The number of methoxy groups -OCH3 is 1. The predicted molar refractivity (Wildman–Crippen MR) is 79.8 cm³/mol. The first-order valence-corrected chi connectivity index (χ1v) is 6.47. The molecule has 0 unspecified atom stereocenters. The fraction of sp³-hybridized carbons (Fsp3) is 0.0625. The van der Waals surface area contributed by atoms with Crippen LogP contribution in [0.25, 0.3) is 5.69 Å². The van der Waals surface area contributed by atoms with E-state index in [0.717, 1.165) is 5.69 Å². The van der Waals surface area contributed by atoms with Crippen LogP contribution in [-0.2, 0) is 0 Å². The number of para-hydroxylation sites is 1. The molecule has 5 heteroatoms. The Morgan fingerprint density at radius 2 is 1.95 bits per heavy atom. The van der Waals surface area contributed by atoms with Crippen LogP contribution in [0, 0.1) is 5.82 Å². The zero-order valence-electron chi connectivity index (χ0n) is 11.5. The largest absolute Gasteiger partial charge is 0.497 e. The number of benzene rings is 2. The molecule has 106 valence electrons. The fourth-order valence-corrected chi connectivity index (χ4v) is 2.04. The predicted octanol–water partition coefficient (Wildman–Crippen LogP) is 3.76. The van der Waals surface area contributed by atoms with Crippen LogP contribution < -0.4 is 10.1 Å². The number of rotatable bonds is 4. The maximum atomic E-state index is 13.9. The van der Waals surface area contributed by atoms with Crippen molar-refractivity contribution >= 4 is 11.6 Å². The highest BCUT2D eigenvalue weighted by Gasteiger charge is 2.09. The van der Waals surface area contributed by atoms with Crippen LogP contribution in [0.5, 0.6) is 5.75 Å². The number of nitrogens with one attached hydrogen (secondary N) is 1. The Balaban J connectivity index is 1.95. The number of hydrogen-bond acceptors (Lipinski definition) is 3. The van der Waals surface area contributed by atoms with E-state index in [4.69, 9.17) is 4.74 Å². The van der Waals surface area contributed by atoms with Gasteiger partial charge in [-0.25, -0.2) is 9.37 Å². The van der Waals surface area contributed by atoms with E-state index in [-0.39, 0.29) is 5.82 Å². The van der Waals surface area contributed by atoms with Crippen LogP contribution in [-0.4, -0.2) is 16.7 Å². The maximum absolute atomic E-state index is 13.9. The van der Waals surface area contributed by atoms with E-state index in [0.29, 0.717) is 17.4 Å². The average Bonchev–Trinajstić information content (AvgIpc) is 2.98. The number of hydrogen-bond donors (Lipinski definition) is 1. The molecule has 4 nitrogen and oxygen atoms in total. The lowest BCUT2D eigenvalue weighted by Crippen LogP contribution is -2.02. The lowest BCUT2D eigenvalue weighted by atomic mass is 10.3. The third kappa shape index (κ3) is 2.72. The van der Waals surface area contributed by atoms with Crippen molar-refractivity contribution in [1.82, 2.24) is 9.55 Å². The van der Waals surface area contributed by atoms with Gasteiger partial charge in [-0.3, -0.25) is 4.57 Å². The smallest absolute Gasteiger partial charge is 0.212 e. The minimum atomic E-state index is -0.363. The summed E-state index contributed by atoms with van der Waals surface area (Å²) >= 11 is 0. The second kappa shape index (κ2) is 5.66. The lowest BCUT2D eigenvalue weighted by Gasteiger charge is -2.11. The van der Waals surface area contributed by atoms with E-state index in [1.807, 2.05) is 41.1 Å². The Kier molecular flexibility index (Phi) is 3.55. The van der Waals surface area contributed by atoms with E-state index in [2.05, 4.69) is 10.3 Å². The standard InChI is InChI=1S/C16H14FN3O/c1-21-13-7-8-14(17)15(11-13)19-16-18-9-10-20(16)12-5-3-2-4-6-12/h2-11H,1H3,(H,18,19). The molecule has 0 bridgehead atoms. The molecule has 21 heavy (non-hydrogen) atoms. The molecule has 0 atom stereocenters. The molecule has 0 saturated carbocycles. The van der Waals surface area contributed by atoms with Crippen molar-refractivity contribution in [3.05, 3.63) is 66.7 Å². The molecule has 1 heterocycles. The zero-order valence-corrected chi connectivity index (χ0v) is 11.5. The molecule has 1 aromatic heterocycles. The maximum Gasteiger partial charge on any atom is 0.212 e. The van der Waals surface area contributed by atoms with E-state index in [1.165, 1.54) is 6.07 Å². The van der Waals surface area contributed by atoms with Crippen LogP contribution in [0.4, 0.5) is 16.0 Å². The Hall–Kier alpha value is -2.82. The van der Waals surface area contributed by atoms with Gasteiger partial charge in [0.05, 0.1) is 12.8 Å². The minimum absolute atomic E-state index is 0.317. The lowest BCUT2D eigenvalue weighted by molar-refractivity contribution is 0.414. The van der Waals surface area contributed by atoms with Crippen LogP contribution >= 0.6 is 0 Å². The zero-order chi connectivity index (χ0) is 14.7. The number of halogens is 1. The second-order valence-corrected chi connectivity index (χ2v) is 4.43. The quantitative estimate of drug-likeness (QED) is 0.792. The van der Waals surface area contributed by atoms with Gasteiger partial charge >= 0.3 is 0 Å². The summed E-state index contributed by atoms with van der Waals surface area (Å²) in [7, 11) is 1.54. The van der Waals surface area contributed by atoms with Gasteiger partial charge in [-0.05, 0) is 24.3 Å². The van der Waals surface area contributed by atoms with Gasteiger partial charge in [0.1, 0.15) is 11.6 Å². The van der Waals surface area contributed by atoms with Crippen molar-refractivity contribution < 1.29 is 9.13 Å². The average molecular weight is 283 g/mol. The van der Waals surface area contributed by atoms with Crippen molar-refractivity contribution in [3.8, 4) is 11.4 Å². The van der Waals surface area contributed by atoms with Gasteiger partial charge in [-0.2, -0.15) is 0 Å². The Labute approximate surface area is 121 Å². The van der Waals surface area contributed by atoms with E-state index in [1.54, 1.807) is 25.4 Å². The molecule has 0 saturated heterocycles. The highest BCUT2D eigenvalue weighted by molar-refractivity contribution is 5.59. The number of imidazole rings is 1. The Bertz CT molecular complexity index is 740. The first-order chi connectivity index (χ1) is 10.3. The van der Waals surface area contributed by atoms with Gasteiger partial charge in [0.25, 0.3) is 0 Å². The number of anilines is 2. The van der Waals surface area contributed by atoms with E-state index in [9.17, 15) is 4.39 Å². The molecule has 0 spiro atoms. The summed E-state index contributed by atoms with van der Waals surface area (Å²) in [5.41, 5.74) is 1.26. The molecule has 0 amide bonds. The van der Waals surface area contributed by atoms with Gasteiger partial charge in [0, 0.05) is 24.1 Å². The Morgan fingerprint density at radius 1 is 1.14 bits per heavy atom. The van der Waals surface area contributed by atoms with Crippen molar-refractivity contribution in [1.29, 1.82) is 0 Å². The van der Waals surface area contributed by atoms with Crippen LogP contribution in [0.3, 0.4) is 0 Å². The second-order valence-electron chi connectivity index (χ2n) is 4.43. The van der Waals surface area contributed by atoms with Gasteiger partial charge in [-0.15, -0.1) is 0 Å². The Morgan fingerprint density at radius 3 is 2.71 bits per heavy atom. The number of aromatic nitrogens is 2. The molecule has 0 aliphatic carbocycles. The molecule has 0 radical (unpaired) electrons. The van der Waals surface area contributed by atoms with Gasteiger partial charge in [0.15, 0.2) is 0 Å². The topological polar surface area (TPSA) is 39.1 Å². The van der Waals surface area contributed by atoms with Crippen LogP contribution in [0.2, 0.25) is 0 Å². The fourth-order valence-electron chi connectivity index (χ4n) is 2.04. The molecule has 3 aromatic rings. The highest BCUT2D eigenvalue weighted by atomic mass is 19.1. The summed E-state index contributed by atoms with van der Waals surface area (Å²) in [6.07, 6.45) is 3.48. The summed E-state index contributed by atoms with van der Waals surface area (Å²) in [6, 6.07) is 14.2. The van der Waals surface area contributed by atoms with Crippen LogP contribution in [0.15, 0.2) is 60.9 Å². The highest BCUT2D eigenvalue weighted by Crippen LogP contribution is 2.25. The number of ether oxygens (including phenoxy) is 1. The normalized spacial score (nSPS) is 10.4. The molecule has 1 N–H and O–H groups in total. The van der Waals surface area contributed by atoms with Crippen molar-refractivity contribution in [2.45, 2.75) is 0 Å². The summed E-state index contributed by atoms with van der Waals surface area (Å²) in [4.78, 5) is 4.23. The summed E-state index contributed by atoms with van der Waals surface area (Å²) in [5.74, 6) is 0.753. The first kappa shape index (κ1) is 13.2. The van der Waals surface area contributed by atoms with E-state index < -0.39 is 0 Å².